The minimum absolute atomic E-state index is 0.0393. The molecular weight excluding hydrogens is 598 g/mol. The van der Waals surface area contributed by atoms with Crippen molar-refractivity contribution < 1.29 is 43.3 Å². The van der Waals surface area contributed by atoms with Gasteiger partial charge in [0, 0.05) is 56.5 Å². The number of piperazine rings is 1. The molecule has 6 heterocycles. The number of ether oxygens (including phenoxy) is 3. The van der Waals surface area contributed by atoms with Gasteiger partial charge in [0.1, 0.15) is 23.2 Å². The quantitative estimate of drug-likeness (QED) is 0.394. The van der Waals surface area contributed by atoms with Crippen LogP contribution in [0.3, 0.4) is 0 Å². The third-order valence-corrected chi connectivity index (χ3v) is 9.29. The second-order valence-electron chi connectivity index (χ2n) is 12.4. The summed E-state index contributed by atoms with van der Waals surface area (Å²) < 4.78 is 17.1. The van der Waals surface area contributed by atoms with Crippen molar-refractivity contribution in [1.29, 1.82) is 0 Å². The molecule has 4 amide bonds. The molecule has 4 atom stereocenters. The summed E-state index contributed by atoms with van der Waals surface area (Å²) in [4.78, 5) is 73.3. The Kier molecular flexibility index (Phi) is 8.73. The Bertz CT molecular complexity index is 1540. The highest BCUT2D eigenvalue weighted by molar-refractivity contribution is 5.99. The predicted octanol–water partition coefficient (Wildman–Crippen LogP) is 2.07. The maximum Gasteiger partial charge on any atom is 0.409 e. The van der Waals surface area contributed by atoms with Gasteiger partial charge in [-0.15, -0.1) is 0 Å². The van der Waals surface area contributed by atoms with Crippen LogP contribution in [0.2, 0.25) is 0 Å². The number of amides is 4. The van der Waals surface area contributed by atoms with E-state index in [1.165, 1.54) is 15.9 Å². The Morgan fingerprint density at radius 3 is 2.57 bits per heavy atom. The third kappa shape index (κ3) is 6.17. The molecule has 1 aromatic heterocycles. The van der Waals surface area contributed by atoms with Gasteiger partial charge in [-0.2, -0.15) is 0 Å². The number of carboxylic acids is 1. The number of carboxylic acid groups (broad SMARTS) is 1. The van der Waals surface area contributed by atoms with E-state index in [-0.39, 0.29) is 76.0 Å². The number of rotatable bonds is 10. The van der Waals surface area contributed by atoms with Crippen molar-refractivity contribution in [2.75, 3.05) is 39.4 Å². The molecule has 14 heteroatoms. The van der Waals surface area contributed by atoms with E-state index >= 15 is 0 Å². The van der Waals surface area contributed by atoms with Gasteiger partial charge in [-0.3, -0.25) is 19.2 Å². The first-order chi connectivity index (χ1) is 22.1. The van der Waals surface area contributed by atoms with Gasteiger partial charge in [0.2, 0.25) is 5.91 Å². The van der Waals surface area contributed by atoms with Crippen molar-refractivity contribution >= 4 is 40.7 Å². The summed E-state index contributed by atoms with van der Waals surface area (Å²) in [5.41, 5.74) is 0.819. The summed E-state index contributed by atoms with van der Waals surface area (Å²) in [6.07, 6.45) is 2.70. The Labute approximate surface area is 265 Å². The SMILES string of the molecule is CCOC(=O)N1CCN(C(=O)C(CCC(=O)O)NC(=O)c2cc(OCC(=O)N3[C@H]4CC[C@@]35C[C@H](C4)O5)c3ccc(C)cc3n2)CC1. The van der Waals surface area contributed by atoms with Gasteiger partial charge in [0.15, 0.2) is 6.61 Å². The number of benzene rings is 1. The highest BCUT2D eigenvalue weighted by Gasteiger charge is 2.62. The molecule has 5 saturated heterocycles. The summed E-state index contributed by atoms with van der Waals surface area (Å²) in [6, 6.07) is 5.94. The number of aromatic nitrogens is 1. The maximum atomic E-state index is 13.6. The van der Waals surface area contributed by atoms with Crippen molar-refractivity contribution in [3.63, 3.8) is 0 Å². The minimum Gasteiger partial charge on any atom is -0.483 e. The second kappa shape index (κ2) is 12.7. The van der Waals surface area contributed by atoms with Crippen LogP contribution >= 0.6 is 0 Å². The first-order valence-electron chi connectivity index (χ1n) is 15.8. The van der Waals surface area contributed by atoms with Crippen LogP contribution in [0.5, 0.6) is 5.75 Å². The summed E-state index contributed by atoms with van der Waals surface area (Å²) in [7, 11) is 0. The van der Waals surface area contributed by atoms with Crippen molar-refractivity contribution in [3.8, 4) is 5.75 Å². The number of nitrogens with zero attached hydrogens (tertiary/aromatic N) is 4. The molecule has 2 aromatic rings. The lowest BCUT2D eigenvalue weighted by molar-refractivity contribution is -0.296. The van der Waals surface area contributed by atoms with Crippen LogP contribution in [0.4, 0.5) is 4.79 Å². The van der Waals surface area contributed by atoms with Crippen molar-refractivity contribution in [1.82, 2.24) is 25.0 Å². The molecule has 3 bridgehead atoms. The standard InChI is InChI=1S/C32H39N5O9/c1-3-44-31(43)36-12-10-35(11-13-36)30(42)23(6-7-28(39)40)34-29(41)25-16-26(22-5-4-19(2)14-24(22)33-25)45-18-27(38)37-20-8-9-32(37)17-21(15-20)46-32/h4-5,14,16,20-21,23H,3,6-13,15,17-18H2,1-2H3,(H,34,41)(H,39,40)/t20-,21-,23?,32+/m0/s1. The number of piperidine rings is 1. The molecule has 1 spiro atoms. The van der Waals surface area contributed by atoms with Crippen LogP contribution < -0.4 is 10.1 Å². The van der Waals surface area contributed by atoms with Gasteiger partial charge in [-0.05, 0) is 57.2 Å². The van der Waals surface area contributed by atoms with Gasteiger partial charge in [-0.1, -0.05) is 6.07 Å². The fourth-order valence-corrected chi connectivity index (χ4v) is 7.09. The third-order valence-electron chi connectivity index (χ3n) is 9.29. The van der Waals surface area contributed by atoms with Crippen LogP contribution in [0.25, 0.3) is 10.9 Å². The molecule has 5 aliphatic heterocycles. The Morgan fingerprint density at radius 2 is 1.87 bits per heavy atom. The number of carbonyl (C=O) groups is 5. The number of carbonyl (C=O) groups excluding carboxylic acids is 4. The van der Waals surface area contributed by atoms with Crippen LogP contribution in [-0.2, 0) is 23.9 Å². The Balaban J connectivity index is 1.18. The van der Waals surface area contributed by atoms with Gasteiger partial charge >= 0.3 is 12.1 Å². The number of hydrogen-bond acceptors (Lipinski definition) is 9. The molecule has 1 unspecified atom stereocenters. The summed E-state index contributed by atoms with van der Waals surface area (Å²) >= 11 is 0. The molecule has 0 saturated carbocycles. The fraction of sp³-hybridized carbons (Fsp3) is 0.562. The summed E-state index contributed by atoms with van der Waals surface area (Å²) in [5, 5.41) is 12.6. The highest BCUT2D eigenvalue weighted by Crippen LogP contribution is 2.54. The average Bonchev–Trinajstić information content (AvgIpc) is 3.17. The van der Waals surface area contributed by atoms with Crippen molar-refractivity contribution in [3.05, 3.63) is 35.5 Å². The maximum absolute atomic E-state index is 13.6. The Morgan fingerprint density at radius 1 is 1.13 bits per heavy atom. The van der Waals surface area contributed by atoms with Crippen molar-refractivity contribution in [2.24, 2.45) is 0 Å². The normalized spacial score (nSPS) is 23.8. The number of aliphatic carboxylic acids is 1. The molecule has 2 N–H and O–H groups in total. The smallest absolute Gasteiger partial charge is 0.409 e. The zero-order chi connectivity index (χ0) is 32.6. The molecule has 1 aromatic carbocycles. The second-order valence-corrected chi connectivity index (χ2v) is 12.4. The van der Waals surface area contributed by atoms with E-state index in [4.69, 9.17) is 14.2 Å². The lowest BCUT2D eigenvalue weighted by Gasteiger charge is -2.56. The van der Waals surface area contributed by atoms with E-state index in [1.807, 2.05) is 24.0 Å². The Hall–Kier alpha value is -4.46. The molecule has 46 heavy (non-hydrogen) atoms. The van der Waals surface area contributed by atoms with Crippen LogP contribution in [0.1, 0.15) is 61.5 Å². The van der Waals surface area contributed by atoms with Gasteiger partial charge < -0.3 is 39.3 Å². The first kappa shape index (κ1) is 31.5. The minimum atomic E-state index is -1.14. The van der Waals surface area contributed by atoms with Crippen LogP contribution in [0, 0.1) is 6.92 Å². The molecular formula is C32H39N5O9. The van der Waals surface area contributed by atoms with E-state index in [9.17, 15) is 29.1 Å². The number of fused-ring (bicyclic) bond motifs is 1. The van der Waals surface area contributed by atoms with Gasteiger partial charge in [0.05, 0.1) is 18.2 Å². The predicted molar refractivity (Wildman–Crippen MR) is 162 cm³/mol. The summed E-state index contributed by atoms with van der Waals surface area (Å²) in [5.74, 6) is -2.13. The molecule has 5 aliphatic rings. The largest absolute Gasteiger partial charge is 0.483 e. The highest BCUT2D eigenvalue weighted by atomic mass is 16.6. The lowest BCUT2D eigenvalue weighted by Crippen LogP contribution is -2.67. The average molecular weight is 638 g/mol. The van der Waals surface area contributed by atoms with E-state index in [0.29, 0.717) is 16.7 Å². The van der Waals surface area contributed by atoms with Crippen molar-refractivity contribution in [2.45, 2.75) is 76.3 Å². The topological polar surface area (TPSA) is 168 Å². The molecule has 7 rings (SSSR count). The molecule has 246 valence electrons. The van der Waals surface area contributed by atoms with Crippen LogP contribution in [0.15, 0.2) is 24.3 Å². The molecule has 5 fully saturated rings. The number of pyridine rings is 1. The van der Waals surface area contributed by atoms with Gasteiger partial charge in [-0.25, -0.2) is 9.78 Å². The van der Waals surface area contributed by atoms with Crippen LogP contribution in [-0.4, -0.2) is 118 Å². The van der Waals surface area contributed by atoms with Gasteiger partial charge in [0.25, 0.3) is 11.8 Å². The lowest BCUT2D eigenvalue weighted by atomic mass is 9.90. The monoisotopic (exact) mass is 637 g/mol. The number of nitrogens with one attached hydrogen (secondary N) is 1. The number of aryl methyl sites for hydroxylation is 1. The van der Waals surface area contributed by atoms with E-state index in [0.717, 1.165) is 31.2 Å². The molecule has 0 aliphatic carbocycles. The van der Waals surface area contributed by atoms with E-state index in [2.05, 4.69) is 10.3 Å². The zero-order valence-corrected chi connectivity index (χ0v) is 26.0. The van der Waals surface area contributed by atoms with E-state index in [1.54, 1.807) is 13.0 Å². The fourth-order valence-electron chi connectivity index (χ4n) is 7.09. The zero-order valence-electron chi connectivity index (χ0n) is 26.0. The summed E-state index contributed by atoms with van der Waals surface area (Å²) in [6.45, 7) is 4.52. The van der Waals surface area contributed by atoms with E-state index < -0.39 is 35.6 Å². The number of hydrogen-bond donors (Lipinski definition) is 2. The first-order valence-corrected chi connectivity index (χ1v) is 15.8. The molecule has 14 nitrogen and oxygen atoms in total. The molecule has 0 radical (unpaired) electrons.